The van der Waals surface area contributed by atoms with Crippen molar-refractivity contribution in [3.8, 4) is 0 Å². The molecule has 1 N–H and O–H groups in total. The Morgan fingerprint density at radius 2 is 2.00 bits per heavy atom. The number of piperidine rings is 1. The average molecular weight is 290 g/mol. The van der Waals surface area contributed by atoms with Gasteiger partial charge in [-0.25, -0.2) is 0 Å². The van der Waals surface area contributed by atoms with Gasteiger partial charge >= 0.3 is 0 Å². The SMILES string of the molecule is CC(=O)c1c(C)[nH]c(C(=O)[C@H](C)N2CCC[C@@H](C)C2)c1C. The highest BCUT2D eigenvalue weighted by Crippen LogP contribution is 2.23. The van der Waals surface area contributed by atoms with Gasteiger partial charge in [0.25, 0.3) is 0 Å². The minimum atomic E-state index is -0.135. The molecule has 0 aliphatic carbocycles. The van der Waals surface area contributed by atoms with Crippen molar-refractivity contribution in [2.24, 2.45) is 5.92 Å². The van der Waals surface area contributed by atoms with Crippen molar-refractivity contribution in [1.82, 2.24) is 9.88 Å². The van der Waals surface area contributed by atoms with Gasteiger partial charge < -0.3 is 4.98 Å². The van der Waals surface area contributed by atoms with Crippen LogP contribution in [-0.2, 0) is 0 Å². The number of aromatic amines is 1. The second-order valence-corrected chi connectivity index (χ2v) is 6.46. The number of Topliss-reactive ketones (excluding diaryl/α,β-unsaturated/α-hetero) is 2. The van der Waals surface area contributed by atoms with E-state index in [4.69, 9.17) is 0 Å². The van der Waals surface area contributed by atoms with Crippen LogP contribution in [0.4, 0.5) is 0 Å². The van der Waals surface area contributed by atoms with Gasteiger partial charge in [0, 0.05) is 17.8 Å². The zero-order chi connectivity index (χ0) is 15.7. The van der Waals surface area contributed by atoms with Crippen LogP contribution in [0.25, 0.3) is 0 Å². The highest BCUT2D eigenvalue weighted by atomic mass is 16.1. The Bertz CT molecular complexity index is 559. The molecule has 0 radical (unpaired) electrons. The number of carbonyl (C=O) groups is 2. The van der Waals surface area contributed by atoms with Crippen molar-refractivity contribution in [2.75, 3.05) is 13.1 Å². The third kappa shape index (κ3) is 3.10. The lowest BCUT2D eigenvalue weighted by Gasteiger charge is -2.34. The lowest BCUT2D eigenvalue weighted by atomic mass is 9.96. The predicted octanol–water partition coefficient (Wildman–Crippen LogP) is 3.14. The molecule has 2 heterocycles. The molecule has 1 saturated heterocycles. The molecular formula is C17H26N2O2. The molecule has 2 atom stereocenters. The summed E-state index contributed by atoms with van der Waals surface area (Å²) in [5.74, 6) is 0.755. The van der Waals surface area contributed by atoms with Gasteiger partial charge in [0.05, 0.1) is 11.7 Å². The molecule has 0 aromatic carbocycles. The van der Waals surface area contributed by atoms with Crippen LogP contribution in [0.1, 0.15) is 65.7 Å². The first-order chi connectivity index (χ1) is 9.82. The summed E-state index contributed by atoms with van der Waals surface area (Å²) >= 11 is 0. The van der Waals surface area contributed by atoms with Crippen molar-refractivity contribution in [1.29, 1.82) is 0 Å². The van der Waals surface area contributed by atoms with E-state index in [1.54, 1.807) is 6.92 Å². The fraction of sp³-hybridized carbons (Fsp3) is 0.647. The van der Waals surface area contributed by atoms with Crippen molar-refractivity contribution >= 4 is 11.6 Å². The molecule has 0 unspecified atom stereocenters. The lowest BCUT2D eigenvalue weighted by Crippen LogP contribution is -2.44. The van der Waals surface area contributed by atoms with E-state index >= 15 is 0 Å². The van der Waals surface area contributed by atoms with Gasteiger partial charge in [-0.1, -0.05) is 6.92 Å². The summed E-state index contributed by atoms with van der Waals surface area (Å²) in [6.07, 6.45) is 2.40. The molecule has 0 saturated carbocycles. The number of H-pyrrole nitrogens is 1. The first-order valence-electron chi connectivity index (χ1n) is 7.81. The number of aromatic nitrogens is 1. The quantitative estimate of drug-likeness (QED) is 0.867. The molecule has 1 fully saturated rings. The summed E-state index contributed by atoms with van der Waals surface area (Å²) < 4.78 is 0. The van der Waals surface area contributed by atoms with E-state index in [1.165, 1.54) is 6.42 Å². The fourth-order valence-corrected chi connectivity index (χ4v) is 3.48. The van der Waals surface area contributed by atoms with E-state index in [9.17, 15) is 9.59 Å². The van der Waals surface area contributed by atoms with Crippen molar-refractivity contribution in [3.05, 3.63) is 22.5 Å². The average Bonchev–Trinajstić information content (AvgIpc) is 2.72. The van der Waals surface area contributed by atoms with Crippen LogP contribution < -0.4 is 0 Å². The number of carbonyl (C=O) groups excluding carboxylic acids is 2. The first kappa shape index (κ1) is 16.0. The summed E-state index contributed by atoms with van der Waals surface area (Å²) in [6.45, 7) is 11.4. The molecule has 1 aliphatic rings. The number of nitrogens with one attached hydrogen (secondary N) is 1. The molecule has 1 aliphatic heterocycles. The predicted molar refractivity (Wildman–Crippen MR) is 84.0 cm³/mol. The molecule has 0 spiro atoms. The molecule has 1 aromatic heterocycles. The van der Waals surface area contributed by atoms with Crippen LogP contribution in [0.3, 0.4) is 0 Å². The molecule has 0 bridgehead atoms. The van der Waals surface area contributed by atoms with Gasteiger partial charge in [0.1, 0.15) is 0 Å². The number of hydrogen-bond acceptors (Lipinski definition) is 3. The van der Waals surface area contributed by atoms with E-state index < -0.39 is 0 Å². The molecule has 0 amide bonds. The lowest BCUT2D eigenvalue weighted by molar-refractivity contribution is 0.0759. The molecule has 1 aromatic rings. The molecule has 4 heteroatoms. The van der Waals surface area contributed by atoms with E-state index in [2.05, 4.69) is 16.8 Å². The summed E-state index contributed by atoms with van der Waals surface area (Å²) in [5.41, 5.74) is 2.85. The Morgan fingerprint density at radius 3 is 2.52 bits per heavy atom. The second-order valence-electron chi connectivity index (χ2n) is 6.46. The van der Waals surface area contributed by atoms with E-state index in [-0.39, 0.29) is 17.6 Å². The molecule has 116 valence electrons. The van der Waals surface area contributed by atoms with Gasteiger partial charge in [0.15, 0.2) is 11.6 Å². The maximum absolute atomic E-state index is 12.8. The molecular weight excluding hydrogens is 264 g/mol. The number of aryl methyl sites for hydroxylation is 1. The second kappa shape index (κ2) is 6.14. The Hall–Kier alpha value is -1.42. The monoisotopic (exact) mass is 290 g/mol. The van der Waals surface area contributed by atoms with Crippen LogP contribution in [-0.4, -0.2) is 40.6 Å². The summed E-state index contributed by atoms with van der Waals surface area (Å²) in [7, 11) is 0. The van der Waals surface area contributed by atoms with Gasteiger partial charge in [-0.2, -0.15) is 0 Å². The minimum Gasteiger partial charge on any atom is -0.355 e. The number of rotatable bonds is 4. The highest BCUT2D eigenvalue weighted by molar-refractivity contribution is 6.05. The first-order valence-corrected chi connectivity index (χ1v) is 7.81. The Kier molecular flexibility index (Phi) is 4.67. The number of ketones is 2. The zero-order valence-corrected chi connectivity index (χ0v) is 13.7. The maximum Gasteiger partial charge on any atom is 0.196 e. The van der Waals surface area contributed by atoms with Crippen LogP contribution in [0.15, 0.2) is 0 Å². The van der Waals surface area contributed by atoms with Crippen LogP contribution in [0.2, 0.25) is 0 Å². The smallest absolute Gasteiger partial charge is 0.196 e. The van der Waals surface area contributed by atoms with Crippen molar-refractivity contribution in [2.45, 2.75) is 53.5 Å². The largest absolute Gasteiger partial charge is 0.355 e. The molecule has 4 nitrogen and oxygen atoms in total. The summed E-state index contributed by atoms with van der Waals surface area (Å²) in [5, 5.41) is 0. The molecule has 21 heavy (non-hydrogen) atoms. The third-order valence-corrected chi connectivity index (χ3v) is 4.65. The maximum atomic E-state index is 12.8. The van der Waals surface area contributed by atoms with Gasteiger partial charge in [-0.05, 0) is 58.6 Å². The third-order valence-electron chi connectivity index (χ3n) is 4.65. The molecule has 2 rings (SSSR count). The van der Waals surface area contributed by atoms with Crippen molar-refractivity contribution in [3.63, 3.8) is 0 Å². The van der Waals surface area contributed by atoms with Gasteiger partial charge in [0.2, 0.25) is 0 Å². The standard InChI is InChI=1S/C17H26N2O2/c1-10-7-6-8-19(9-10)13(4)17(21)16-11(2)15(14(5)20)12(3)18-16/h10,13,18H,6-9H2,1-5H3/t10-,13+/m1/s1. The Morgan fingerprint density at radius 1 is 1.33 bits per heavy atom. The minimum absolute atomic E-state index is 0.0135. The van der Waals surface area contributed by atoms with Crippen LogP contribution in [0.5, 0.6) is 0 Å². The fourth-order valence-electron chi connectivity index (χ4n) is 3.48. The van der Waals surface area contributed by atoms with Gasteiger partial charge in [-0.3, -0.25) is 14.5 Å². The van der Waals surface area contributed by atoms with E-state index in [0.717, 1.165) is 30.8 Å². The zero-order valence-electron chi connectivity index (χ0n) is 13.7. The highest BCUT2D eigenvalue weighted by Gasteiger charge is 2.29. The van der Waals surface area contributed by atoms with E-state index in [1.807, 2.05) is 20.8 Å². The Balaban J connectivity index is 2.23. The van der Waals surface area contributed by atoms with Crippen LogP contribution in [0, 0.1) is 19.8 Å². The number of nitrogens with zero attached hydrogens (tertiary/aromatic N) is 1. The Labute approximate surface area is 126 Å². The number of likely N-dealkylation sites (tertiary alicyclic amines) is 1. The topological polar surface area (TPSA) is 53.2 Å². The summed E-state index contributed by atoms with van der Waals surface area (Å²) in [4.78, 5) is 29.9. The number of hydrogen-bond donors (Lipinski definition) is 1. The summed E-state index contributed by atoms with van der Waals surface area (Å²) in [6, 6.07) is -0.135. The van der Waals surface area contributed by atoms with E-state index in [0.29, 0.717) is 17.2 Å². The van der Waals surface area contributed by atoms with Gasteiger partial charge in [-0.15, -0.1) is 0 Å². The van der Waals surface area contributed by atoms with Crippen molar-refractivity contribution < 1.29 is 9.59 Å². The normalized spacial score (nSPS) is 21.3. The van der Waals surface area contributed by atoms with Crippen LogP contribution >= 0.6 is 0 Å².